The minimum absolute atomic E-state index is 0.159. The Bertz CT molecular complexity index is 632. The summed E-state index contributed by atoms with van der Waals surface area (Å²) in [5, 5.41) is 0.740. The van der Waals surface area contributed by atoms with Gasteiger partial charge >= 0.3 is 0 Å². The smallest absolute Gasteiger partial charge is 0.228 e. The second-order valence-electron chi connectivity index (χ2n) is 5.74. The summed E-state index contributed by atoms with van der Waals surface area (Å²) in [5.74, 6) is 0.996. The van der Waals surface area contributed by atoms with E-state index in [1.165, 1.54) is 0 Å². The van der Waals surface area contributed by atoms with Gasteiger partial charge in [-0.15, -0.1) is 11.8 Å². The minimum Gasteiger partial charge on any atom is -0.312 e. The average molecular weight is 363 g/mol. The molecule has 0 fully saturated rings. The Kier molecular flexibility index (Phi) is 7.63. The second kappa shape index (κ2) is 9.72. The molecule has 0 saturated heterocycles. The summed E-state index contributed by atoms with van der Waals surface area (Å²) in [7, 11) is 3.97. The van der Waals surface area contributed by atoms with Crippen molar-refractivity contribution in [1.82, 2.24) is 4.90 Å². The van der Waals surface area contributed by atoms with Crippen LogP contribution in [0, 0.1) is 0 Å². The number of halogens is 1. The zero-order valence-electron chi connectivity index (χ0n) is 14.1. The van der Waals surface area contributed by atoms with E-state index in [0.29, 0.717) is 13.0 Å². The van der Waals surface area contributed by atoms with Crippen LogP contribution in [-0.2, 0) is 4.79 Å². The molecule has 0 aliphatic rings. The minimum atomic E-state index is 0.159. The van der Waals surface area contributed by atoms with Crippen LogP contribution in [0.2, 0.25) is 5.02 Å². The molecule has 0 bridgehead atoms. The van der Waals surface area contributed by atoms with Crippen molar-refractivity contribution < 1.29 is 4.79 Å². The van der Waals surface area contributed by atoms with E-state index in [2.05, 4.69) is 0 Å². The first-order valence-electron chi connectivity index (χ1n) is 7.95. The van der Waals surface area contributed by atoms with E-state index >= 15 is 0 Å². The number of anilines is 1. The van der Waals surface area contributed by atoms with Crippen LogP contribution >= 0.6 is 23.4 Å². The molecule has 128 valence electrons. The summed E-state index contributed by atoms with van der Waals surface area (Å²) in [6.45, 7) is 1.44. The quantitative estimate of drug-likeness (QED) is 0.649. The third-order valence-corrected chi connectivity index (χ3v) is 4.78. The molecule has 2 aromatic rings. The average Bonchev–Trinajstić information content (AvgIpc) is 2.59. The zero-order chi connectivity index (χ0) is 17.4. The molecule has 0 aliphatic heterocycles. The highest BCUT2D eigenvalue weighted by Gasteiger charge is 2.15. The Morgan fingerprint density at radius 3 is 2.29 bits per heavy atom. The fourth-order valence-corrected chi connectivity index (χ4v) is 3.21. The summed E-state index contributed by atoms with van der Waals surface area (Å²) in [5.41, 5.74) is 0.956. The van der Waals surface area contributed by atoms with Gasteiger partial charge in [-0.1, -0.05) is 29.8 Å². The molecule has 5 heteroatoms. The van der Waals surface area contributed by atoms with E-state index in [4.69, 9.17) is 11.6 Å². The topological polar surface area (TPSA) is 23.6 Å². The maximum atomic E-state index is 12.6. The monoisotopic (exact) mass is 362 g/mol. The first kappa shape index (κ1) is 18.8. The second-order valence-corrected chi connectivity index (χ2v) is 7.34. The van der Waals surface area contributed by atoms with Crippen LogP contribution < -0.4 is 4.90 Å². The molecule has 0 unspecified atom stereocenters. The molecule has 2 aromatic carbocycles. The molecule has 0 aliphatic carbocycles. The van der Waals surface area contributed by atoms with Crippen LogP contribution in [0.3, 0.4) is 0 Å². The SMILES string of the molecule is CN(C)CCC(=O)N(CCSc1ccc(Cl)cc1)c1ccccc1. The zero-order valence-corrected chi connectivity index (χ0v) is 15.7. The number of para-hydroxylation sites is 1. The lowest BCUT2D eigenvalue weighted by atomic mass is 10.2. The lowest BCUT2D eigenvalue weighted by Crippen LogP contribution is -2.34. The molecule has 0 N–H and O–H groups in total. The summed E-state index contributed by atoms with van der Waals surface area (Å²) < 4.78 is 0. The molecule has 0 atom stereocenters. The van der Waals surface area contributed by atoms with Gasteiger partial charge in [0.25, 0.3) is 0 Å². The fourth-order valence-electron chi connectivity index (χ4n) is 2.25. The predicted molar refractivity (Wildman–Crippen MR) is 104 cm³/mol. The van der Waals surface area contributed by atoms with E-state index in [1.807, 2.05) is 78.5 Å². The summed E-state index contributed by atoms with van der Waals surface area (Å²) >= 11 is 7.64. The highest BCUT2D eigenvalue weighted by Crippen LogP contribution is 2.22. The molecule has 24 heavy (non-hydrogen) atoms. The predicted octanol–water partition coefficient (Wildman–Crippen LogP) is 4.42. The Balaban J connectivity index is 1.97. The van der Waals surface area contributed by atoms with Gasteiger partial charge in [0.05, 0.1) is 0 Å². The van der Waals surface area contributed by atoms with Crippen LogP contribution in [-0.4, -0.2) is 43.7 Å². The highest BCUT2D eigenvalue weighted by molar-refractivity contribution is 7.99. The largest absolute Gasteiger partial charge is 0.312 e. The molecule has 2 rings (SSSR count). The lowest BCUT2D eigenvalue weighted by Gasteiger charge is -2.23. The van der Waals surface area contributed by atoms with E-state index in [1.54, 1.807) is 11.8 Å². The number of hydrogen-bond donors (Lipinski definition) is 0. The number of benzene rings is 2. The van der Waals surface area contributed by atoms with Crippen LogP contribution in [0.15, 0.2) is 59.5 Å². The number of amides is 1. The normalized spacial score (nSPS) is 10.8. The van der Waals surface area contributed by atoms with Gasteiger partial charge in [0.2, 0.25) is 5.91 Å². The number of nitrogens with zero attached hydrogens (tertiary/aromatic N) is 2. The standard InChI is InChI=1S/C19H23ClN2OS/c1-21(2)13-12-19(23)22(17-6-4-3-5-7-17)14-15-24-18-10-8-16(20)9-11-18/h3-11H,12-15H2,1-2H3. The molecular weight excluding hydrogens is 340 g/mol. The number of carbonyl (C=O) groups excluding carboxylic acids is 1. The Labute approximate surface area is 153 Å². The first-order chi connectivity index (χ1) is 11.6. The van der Waals surface area contributed by atoms with E-state index in [-0.39, 0.29) is 5.91 Å². The van der Waals surface area contributed by atoms with Gasteiger partial charge in [0, 0.05) is 40.9 Å². The van der Waals surface area contributed by atoms with Gasteiger partial charge < -0.3 is 9.80 Å². The van der Waals surface area contributed by atoms with E-state index in [0.717, 1.165) is 27.9 Å². The number of rotatable bonds is 8. The molecule has 0 saturated carbocycles. The van der Waals surface area contributed by atoms with Gasteiger partial charge in [-0.3, -0.25) is 4.79 Å². The third kappa shape index (κ3) is 6.19. The van der Waals surface area contributed by atoms with Crippen LogP contribution in [0.5, 0.6) is 0 Å². The van der Waals surface area contributed by atoms with Gasteiger partial charge in [-0.25, -0.2) is 0 Å². The van der Waals surface area contributed by atoms with E-state index < -0.39 is 0 Å². The van der Waals surface area contributed by atoms with Gasteiger partial charge in [0.1, 0.15) is 0 Å². The van der Waals surface area contributed by atoms with Crippen molar-refractivity contribution in [2.24, 2.45) is 0 Å². The van der Waals surface area contributed by atoms with Crippen molar-refractivity contribution in [3.05, 3.63) is 59.6 Å². The summed E-state index contributed by atoms with van der Waals surface area (Å²) in [6, 6.07) is 17.7. The third-order valence-electron chi connectivity index (χ3n) is 3.54. The van der Waals surface area contributed by atoms with Crippen molar-refractivity contribution in [3.63, 3.8) is 0 Å². The molecule has 0 radical (unpaired) electrons. The molecular formula is C19H23ClN2OS. The number of hydrogen-bond acceptors (Lipinski definition) is 3. The Morgan fingerprint density at radius 1 is 1.00 bits per heavy atom. The van der Waals surface area contributed by atoms with Gasteiger partial charge in [0.15, 0.2) is 0 Å². The molecule has 1 amide bonds. The van der Waals surface area contributed by atoms with Crippen LogP contribution in [0.1, 0.15) is 6.42 Å². The molecule has 3 nitrogen and oxygen atoms in total. The van der Waals surface area contributed by atoms with Crippen molar-refractivity contribution in [2.75, 3.05) is 37.8 Å². The van der Waals surface area contributed by atoms with Crippen LogP contribution in [0.25, 0.3) is 0 Å². The fraction of sp³-hybridized carbons (Fsp3) is 0.316. The molecule has 0 aromatic heterocycles. The summed E-state index contributed by atoms with van der Waals surface area (Å²) in [4.78, 5) is 17.7. The Morgan fingerprint density at radius 2 is 1.67 bits per heavy atom. The molecule has 0 spiro atoms. The van der Waals surface area contributed by atoms with Crippen molar-refractivity contribution in [1.29, 1.82) is 0 Å². The lowest BCUT2D eigenvalue weighted by molar-refractivity contribution is -0.118. The van der Waals surface area contributed by atoms with E-state index in [9.17, 15) is 4.79 Å². The van der Waals surface area contributed by atoms with Crippen LogP contribution in [0.4, 0.5) is 5.69 Å². The highest BCUT2D eigenvalue weighted by atomic mass is 35.5. The van der Waals surface area contributed by atoms with Crippen molar-refractivity contribution in [2.45, 2.75) is 11.3 Å². The van der Waals surface area contributed by atoms with Crippen molar-refractivity contribution >= 4 is 35.0 Å². The number of carbonyl (C=O) groups is 1. The maximum absolute atomic E-state index is 12.6. The number of thioether (sulfide) groups is 1. The molecule has 0 heterocycles. The Hall–Kier alpha value is -1.49. The first-order valence-corrected chi connectivity index (χ1v) is 9.31. The summed E-state index contributed by atoms with van der Waals surface area (Å²) in [6.07, 6.45) is 0.521. The van der Waals surface area contributed by atoms with Gasteiger partial charge in [-0.05, 0) is 50.5 Å². The van der Waals surface area contributed by atoms with Crippen molar-refractivity contribution in [3.8, 4) is 0 Å². The maximum Gasteiger partial charge on any atom is 0.228 e. The van der Waals surface area contributed by atoms with Gasteiger partial charge in [-0.2, -0.15) is 0 Å².